The standard InChI is InChI=1S/C11H17N5O3/c1-5-18-7-16-9(8(6-12)14-15-16)13-10(17)19-11(2,3)4/h5,7H2,1-4H3,(H,13,17). The molecule has 8 heteroatoms. The van der Waals surface area contributed by atoms with Crippen molar-refractivity contribution < 1.29 is 14.3 Å². The van der Waals surface area contributed by atoms with E-state index >= 15 is 0 Å². The number of rotatable bonds is 4. The van der Waals surface area contributed by atoms with Crippen LogP contribution in [0.5, 0.6) is 0 Å². The average Bonchev–Trinajstić information content (AvgIpc) is 2.66. The minimum atomic E-state index is -0.677. The minimum absolute atomic E-state index is 0.00515. The van der Waals surface area contributed by atoms with Crippen molar-refractivity contribution in [1.29, 1.82) is 5.26 Å². The summed E-state index contributed by atoms with van der Waals surface area (Å²) >= 11 is 0. The van der Waals surface area contributed by atoms with Crippen LogP contribution >= 0.6 is 0 Å². The van der Waals surface area contributed by atoms with Gasteiger partial charge in [0, 0.05) is 6.61 Å². The highest BCUT2D eigenvalue weighted by atomic mass is 16.6. The summed E-state index contributed by atoms with van der Waals surface area (Å²) in [5.74, 6) is 0.158. The summed E-state index contributed by atoms with van der Waals surface area (Å²) in [6, 6.07) is 1.84. The second-order valence-corrected chi connectivity index (χ2v) is 4.65. The molecule has 0 aliphatic carbocycles. The number of nitrogens with zero attached hydrogens (tertiary/aromatic N) is 4. The molecule has 0 atom stereocenters. The number of carbonyl (C=O) groups excluding carboxylic acids is 1. The summed E-state index contributed by atoms with van der Waals surface area (Å²) in [5, 5.41) is 18.7. The largest absolute Gasteiger partial charge is 0.444 e. The van der Waals surface area contributed by atoms with E-state index in [2.05, 4.69) is 15.6 Å². The fraction of sp³-hybridized carbons (Fsp3) is 0.636. The highest BCUT2D eigenvalue weighted by Gasteiger charge is 2.20. The second-order valence-electron chi connectivity index (χ2n) is 4.65. The van der Waals surface area contributed by atoms with Crippen LogP contribution in [0.4, 0.5) is 10.6 Å². The molecule has 0 aliphatic rings. The summed E-state index contributed by atoms with van der Waals surface area (Å²) < 4.78 is 11.5. The molecule has 1 heterocycles. The average molecular weight is 267 g/mol. The molecule has 1 rings (SSSR count). The topological polar surface area (TPSA) is 102 Å². The van der Waals surface area contributed by atoms with E-state index in [0.29, 0.717) is 6.61 Å². The van der Waals surface area contributed by atoms with Crippen molar-refractivity contribution in [3.63, 3.8) is 0 Å². The molecule has 0 aliphatic heterocycles. The highest BCUT2D eigenvalue weighted by molar-refractivity contribution is 5.84. The highest BCUT2D eigenvalue weighted by Crippen LogP contribution is 2.14. The first kappa shape index (κ1) is 14.9. The molecule has 0 bridgehead atoms. The molecule has 0 saturated carbocycles. The predicted molar refractivity (Wildman–Crippen MR) is 66.2 cm³/mol. The first-order valence-electron chi connectivity index (χ1n) is 5.78. The number of anilines is 1. The van der Waals surface area contributed by atoms with Crippen molar-refractivity contribution in [2.75, 3.05) is 11.9 Å². The van der Waals surface area contributed by atoms with Gasteiger partial charge in [-0.3, -0.25) is 5.32 Å². The van der Waals surface area contributed by atoms with Crippen molar-refractivity contribution >= 4 is 11.9 Å². The van der Waals surface area contributed by atoms with Gasteiger partial charge >= 0.3 is 6.09 Å². The van der Waals surface area contributed by atoms with E-state index in [1.165, 1.54) is 4.68 Å². The van der Waals surface area contributed by atoms with Crippen molar-refractivity contribution in [3.05, 3.63) is 5.69 Å². The molecular formula is C11H17N5O3. The van der Waals surface area contributed by atoms with Gasteiger partial charge in [0.25, 0.3) is 0 Å². The van der Waals surface area contributed by atoms with Gasteiger partial charge in [0.2, 0.25) is 5.69 Å². The molecule has 1 aromatic heterocycles. The second kappa shape index (κ2) is 6.15. The van der Waals surface area contributed by atoms with E-state index in [9.17, 15) is 4.79 Å². The SMILES string of the molecule is CCOCn1nnc(C#N)c1NC(=O)OC(C)(C)C. The number of amides is 1. The number of nitrogens with one attached hydrogen (secondary N) is 1. The Balaban J connectivity index is 2.83. The zero-order valence-corrected chi connectivity index (χ0v) is 11.4. The fourth-order valence-corrected chi connectivity index (χ4v) is 1.18. The first-order chi connectivity index (χ1) is 8.87. The Morgan fingerprint density at radius 3 is 2.74 bits per heavy atom. The third-order valence-corrected chi connectivity index (χ3v) is 1.88. The lowest BCUT2D eigenvalue weighted by molar-refractivity contribution is 0.0624. The van der Waals surface area contributed by atoms with E-state index in [0.717, 1.165) is 0 Å². The third-order valence-electron chi connectivity index (χ3n) is 1.88. The molecule has 0 unspecified atom stereocenters. The van der Waals surface area contributed by atoms with E-state index < -0.39 is 11.7 Å². The van der Waals surface area contributed by atoms with Crippen LogP contribution in [0, 0.1) is 11.3 Å². The Morgan fingerprint density at radius 1 is 1.53 bits per heavy atom. The Labute approximate surface area is 111 Å². The number of hydrogen-bond donors (Lipinski definition) is 1. The Morgan fingerprint density at radius 2 is 2.21 bits per heavy atom. The quantitative estimate of drug-likeness (QED) is 0.886. The zero-order chi connectivity index (χ0) is 14.5. The molecule has 19 heavy (non-hydrogen) atoms. The maximum atomic E-state index is 11.7. The van der Waals surface area contributed by atoms with Gasteiger partial charge < -0.3 is 9.47 Å². The Hall–Kier alpha value is -2.14. The Kier molecular flexibility index (Phi) is 4.83. The molecule has 0 spiro atoms. The molecule has 8 nitrogen and oxygen atoms in total. The van der Waals surface area contributed by atoms with E-state index in [4.69, 9.17) is 14.7 Å². The molecule has 1 N–H and O–H groups in total. The molecule has 1 aromatic rings. The molecule has 0 aromatic carbocycles. The van der Waals surface area contributed by atoms with Gasteiger partial charge in [-0.2, -0.15) is 5.26 Å². The molecule has 1 amide bonds. The third kappa shape index (κ3) is 4.56. The molecule has 104 valence electrons. The number of nitriles is 1. The van der Waals surface area contributed by atoms with Crippen molar-refractivity contribution in [1.82, 2.24) is 15.0 Å². The summed E-state index contributed by atoms with van der Waals surface area (Å²) in [5.41, 5.74) is -0.625. The lowest BCUT2D eigenvalue weighted by Gasteiger charge is -2.19. The van der Waals surface area contributed by atoms with E-state index in [1.807, 2.05) is 13.0 Å². The fourth-order valence-electron chi connectivity index (χ4n) is 1.18. The smallest absolute Gasteiger partial charge is 0.413 e. The molecule has 0 fully saturated rings. The van der Waals surface area contributed by atoms with Crippen LogP contribution in [0.1, 0.15) is 33.4 Å². The van der Waals surface area contributed by atoms with Crippen molar-refractivity contribution in [2.24, 2.45) is 0 Å². The predicted octanol–water partition coefficient (Wildman–Crippen LogP) is 1.49. The van der Waals surface area contributed by atoms with Crippen LogP contribution < -0.4 is 5.32 Å². The lowest BCUT2D eigenvalue weighted by Crippen LogP contribution is -2.28. The lowest BCUT2D eigenvalue weighted by atomic mass is 10.2. The summed E-state index contributed by atoms with van der Waals surface area (Å²) in [4.78, 5) is 11.7. The van der Waals surface area contributed by atoms with Crippen molar-refractivity contribution in [3.8, 4) is 6.07 Å². The van der Waals surface area contributed by atoms with Gasteiger partial charge in [-0.15, -0.1) is 5.10 Å². The summed E-state index contributed by atoms with van der Waals surface area (Å²) in [6.45, 7) is 7.63. The number of ether oxygens (including phenoxy) is 2. The molecule has 0 saturated heterocycles. The number of aromatic nitrogens is 3. The van der Waals surface area contributed by atoms with Crippen LogP contribution in [0.15, 0.2) is 0 Å². The maximum absolute atomic E-state index is 11.7. The van der Waals surface area contributed by atoms with Gasteiger partial charge in [-0.05, 0) is 27.7 Å². The first-order valence-corrected chi connectivity index (χ1v) is 5.78. The summed E-state index contributed by atoms with van der Waals surface area (Å²) in [6.07, 6.45) is -0.677. The van der Waals surface area contributed by atoms with Gasteiger partial charge in [0.05, 0.1) is 0 Å². The van der Waals surface area contributed by atoms with Gasteiger partial charge in [-0.1, -0.05) is 5.21 Å². The Bertz CT molecular complexity index is 484. The van der Waals surface area contributed by atoms with Crippen LogP contribution in [0.3, 0.4) is 0 Å². The summed E-state index contributed by atoms with van der Waals surface area (Å²) in [7, 11) is 0. The van der Waals surface area contributed by atoms with E-state index in [1.54, 1.807) is 20.8 Å². The van der Waals surface area contributed by atoms with E-state index in [-0.39, 0.29) is 18.2 Å². The van der Waals surface area contributed by atoms with Crippen molar-refractivity contribution in [2.45, 2.75) is 40.0 Å². The molecule has 0 radical (unpaired) electrons. The molecular weight excluding hydrogens is 250 g/mol. The number of carbonyl (C=O) groups is 1. The van der Waals surface area contributed by atoms with Crippen LogP contribution in [0.2, 0.25) is 0 Å². The zero-order valence-electron chi connectivity index (χ0n) is 11.4. The maximum Gasteiger partial charge on any atom is 0.413 e. The van der Waals surface area contributed by atoms with Gasteiger partial charge in [-0.25, -0.2) is 9.48 Å². The number of hydrogen-bond acceptors (Lipinski definition) is 6. The monoisotopic (exact) mass is 267 g/mol. The van der Waals surface area contributed by atoms with Gasteiger partial charge in [0.15, 0.2) is 5.82 Å². The van der Waals surface area contributed by atoms with Crippen LogP contribution in [-0.4, -0.2) is 33.3 Å². The minimum Gasteiger partial charge on any atom is -0.444 e. The van der Waals surface area contributed by atoms with Gasteiger partial charge in [0.1, 0.15) is 18.4 Å². The van der Waals surface area contributed by atoms with Crippen LogP contribution in [0.25, 0.3) is 0 Å². The normalized spacial score (nSPS) is 10.9. The van der Waals surface area contributed by atoms with Crippen LogP contribution in [-0.2, 0) is 16.2 Å².